The Morgan fingerprint density at radius 2 is 1.89 bits per heavy atom. The lowest BCUT2D eigenvalue weighted by Crippen LogP contribution is -2.24. The Balaban J connectivity index is 2.14. The lowest BCUT2D eigenvalue weighted by molar-refractivity contribution is 0.569. The van der Waals surface area contributed by atoms with Crippen LogP contribution in [0.25, 0.3) is 0 Å². The molecule has 1 heterocycles. The summed E-state index contributed by atoms with van der Waals surface area (Å²) in [7, 11) is -3.71. The van der Waals surface area contributed by atoms with Gasteiger partial charge in [0.15, 0.2) is 0 Å². The number of nitrogens with one attached hydrogen (secondary N) is 1. The summed E-state index contributed by atoms with van der Waals surface area (Å²) in [5.41, 5.74) is 0.0417. The molecule has 0 aliphatic heterocycles. The van der Waals surface area contributed by atoms with Gasteiger partial charge in [-0.1, -0.05) is 11.6 Å². The summed E-state index contributed by atoms with van der Waals surface area (Å²) < 4.78 is 39.4. The van der Waals surface area contributed by atoms with Crippen molar-refractivity contribution in [2.75, 3.05) is 0 Å². The second-order valence-corrected chi connectivity index (χ2v) is 5.91. The Morgan fingerprint density at radius 3 is 2.53 bits per heavy atom. The van der Waals surface area contributed by atoms with E-state index in [0.717, 1.165) is 0 Å². The van der Waals surface area contributed by atoms with Gasteiger partial charge in [0.1, 0.15) is 5.82 Å². The van der Waals surface area contributed by atoms with E-state index in [1.54, 1.807) is 0 Å². The SMILES string of the molecule is O=S(=O)(NCc1ncccc1F)c1ccc(Cl)cc1. The van der Waals surface area contributed by atoms with Gasteiger partial charge in [0, 0.05) is 11.2 Å². The largest absolute Gasteiger partial charge is 0.257 e. The number of nitrogens with zero attached hydrogens (tertiary/aromatic N) is 1. The standard InChI is InChI=1S/C12H10ClFN2O2S/c13-9-3-5-10(6-4-9)19(17,18)16-8-12-11(14)2-1-7-15-12/h1-7,16H,8H2. The number of pyridine rings is 1. The molecule has 0 fully saturated rings. The number of benzene rings is 1. The minimum Gasteiger partial charge on any atom is -0.257 e. The van der Waals surface area contributed by atoms with Crippen molar-refractivity contribution in [3.05, 3.63) is 59.1 Å². The van der Waals surface area contributed by atoms with Crippen LogP contribution in [0.4, 0.5) is 4.39 Å². The average molecular weight is 301 g/mol. The monoisotopic (exact) mass is 300 g/mol. The van der Waals surface area contributed by atoms with Crippen molar-refractivity contribution < 1.29 is 12.8 Å². The summed E-state index contributed by atoms with van der Waals surface area (Å²) >= 11 is 5.68. The van der Waals surface area contributed by atoms with Crippen molar-refractivity contribution in [1.82, 2.24) is 9.71 Å². The molecule has 100 valence electrons. The molecule has 0 atom stereocenters. The van der Waals surface area contributed by atoms with E-state index in [1.165, 1.54) is 42.6 Å². The van der Waals surface area contributed by atoms with E-state index in [-0.39, 0.29) is 17.1 Å². The minimum atomic E-state index is -3.71. The van der Waals surface area contributed by atoms with E-state index in [1.807, 2.05) is 0 Å². The first-order valence-electron chi connectivity index (χ1n) is 5.34. The average Bonchev–Trinajstić information content (AvgIpc) is 2.38. The van der Waals surface area contributed by atoms with Crippen LogP contribution in [-0.2, 0) is 16.6 Å². The summed E-state index contributed by atoms with van der Waals surface area (Å²) in [6, 6.07) is 8.35. The van der Waals surface area contributed by atoms with Gasteiger partial charge in [-0.25, -0.2) is 17.5 Å². The van der Waals surface area contributed by atoms with Gasteiger partial charge < -0.3 is 0 Å². The van der Waals surface area contributed by atoms with Crippen LogP contribution in [-0.4, -0.2) is 13.4 Å². The summed E-state index contributed by atoms with van der Waals surface area (Å²) in [4.78, 5) is 3.83. The number of aromatic nitrogens is 1. The molecule has 1 aromatic carbocycles. The lowest BCUT2D eigenvalue weighted by atomic mass is 10.3. The fourth-order valence-electron chi connectivity index (χ4n) is 1.41. The molecule has 1 N–H and O–H groups in total. The van der Waals surface area contributed by atoms with Crippen molar-refractivity contribution in [1.29, 1.82) is 0 Å². The van der Waals surface area contributed by atoms with Crippen LogP contribution in [0.2, 0.25) is 5.02 Å². The second-order valence-electron chi connectivity index (χ2n) is 3.71. The van der Waals surface area contributed by atoms with E-state index in [9.17, 15) is 12.8 Å². The number of hydrogen-bond donors (Lipinski definition) is 1. The van der Waals surface area contributed by atoms with Crippen molar-refractivity contribution in [3.63, 3.8) is 0 Å². The van der Waals surface area contributed by atoms with E-state index < -0.39 is 15.8 Å². The van der Waals surface area contributed by atoms with Gasteiger partial charge >= 0.3 is 0 Å². The van der Waals surface area contributed by atoms with E-state index >= 15 is 0 Å². The van der Waals surface area contributed by atoms with E-state index in [2.05, 4.69) is 9.71 Å². The third-order valence-electron chi connectivity index (χ3n) is 2.39. The number of hydrogen-bond acceptors (Lipinski definition) is 3. The highest BCUT2D eigenvalue weighted by Crippen LogP contribution is 2.14. The second kappa shape index (κ2) is 5.64. The zero-order valence-corrected chi connectivity index (χ0v) is 11.2. The molecule has 2 rings (SSSR count). The highest BCUT2D eigenvalue weighted by atomic mass is 35.5. The molecule has 0 saturated heterocycles. The summed E-state index contributed by atoms with van der Waals surface area (Å²) in [5, 5.41) is 0.440. The Kier molecular flexibility index (Phi) is 4.14. The predicted molar refractivity (Wildman–Crippen MR) is 69.7 cm³/mol. The number of rotatable bonds is 4. The molecule has 0 radical (unpaired) electrons. The minimum absolute atomic E-state index is 0.0417. The molecule has 2 aromatic rings. The fourth-order valence-corrected chi connectivity index (χ4v) is 2.52. The van der Waals surface area contributed by atoms with Gasteiger partial charge in [0.2, 0.25) is 10.0 Å². The highest BCUT2D eigenvalue weighted by molar-refractivity contribution is 7.89. The maximum atomic E-state index is 13.3. The van der Waals surface area contributed by atoms with Gasteiger partial charge in [-0.15, -0.1) is 0 Å². The molecule has 1 aromatic heterocycles. The molecular formula is C12H10ClFN2O2S. The van der Waals surface area contributed by atoms with Crippen LogP contribution < -0.4 is 4.72 Å². The molecule has 0 aliphatic rings. The van der Waals surface area contributed by atoms with Crippen molar-refractivity contribution in [2.24, 2.45) is 0 Å². The van der Waals surface area contributed by atoms with Gasteiger partial charge in [0.25, 0.3) is 0 Å². The molecule has 19 heavy (non-hydrogen) atoms. The molecule has 0 saturated carbocycles. The van der Waals surface area contributed by atoms with Crippen molar-refractivity contribution >= 4 is 21.6 Å². The smallest absolute Gasteiger partial charge is 0.240 e. The first-order valence-corrected chi connectivity index (χ1v) is 7.20. The lowest BCUT2D eigenvalue weighted by Gasteiger charge is -2.07. The predicted octanol–water partition coefficient (Wildman–Crippen LogP) is 2.35. The Labute approximate surface area is 115 Å². The maximum absolute atomic E-state index is 13.3. The zero-order chi connectivity index (χ0) is 13.9. The number of sulfonamides is 1. The van der Waals surface area contributed by atoms with Gasteiger partial charge in [0.05, 0.1) is 17.1 Å². The van der Waals surface area contributed by atoms with Crippen LogP contribution in [0.15, 0.2) is 47.5 Å². The first kappa shape index (κ1) is 13.9. The van der Waals surface area contributed by atoms with E-state index in [4.69, 9.17) is 11.6 Å². The number of halogens is 2. The Morgan fingerprint density at radius 1 is 1.21 bits per heavy atom. The Hall–Kier alpha value is -1.50. The zero-order valence-electron chi connectivity index (χ0n) is 9.68. The van der Waals surface area contributed by atoms with Crippen LogP contribution in [0.1, 0.15) is 5.69 Å². The Bertz CT molecular complexity index is 674. The van der Waals surface area contributed by atoms with Gasteiger partial charge in [-0.2, -0.15) is 0 Å². The maximum Gasteiger partial charge on any atom is 0.240 e. The molecule has 0 unspecified atom stereocenters. The third kappa shape index (κ3) is 3.50. The van der Waals surface area contributed by atoms with Crippen LogP contribution >= 0.6 is 11.6 Å². The third-order valence-corrected chi connectivity index (χ3v) is 4.06. The summed E-state index contributed by atoms with van der Waals surface area (Å²) in [5.74, 6) is -0.554. The molecule has 0 amide bonds. The first-order chi connectivity index (χ1) is 8.99. The highest BCUT2D eigenvalue weighted by Gasteiger charge is 2.14. The molecule has 0 aliphatic carbocycles. The van der Waals surface area contributed by atoms with Crippen LogP contribution in [0.3, 0.4) is 0 Å². The topological polar surface area (TPSA) is 59.1 Å². The van der Waals surface area contributed by atoms with Crippen molar-refractivity contribution in [2.45, 2.75) is 11.4 Å². The quantitative estimate of drug-likeness (QED) is 0.943. The molecule has 0 bridgehead atoms. The molecule has 4 nitrogen and oxygen atoms in total. The summed E-state index contributed by atoms with van der Waals surface area (Å²) in [6.07, 6.45) is 1.40. The molecule has 7 heteroatoms. The van der Waals surface area contributed by atoms with Crippen LogP contribution in [0, 0.1) is 5.82 Å². The van der Waals surface area contributed by atoms with Gasteiger partial charge in [-0.05, 0) is 36.4 Å². The molecular weight excluding hydrogens is 291 g/mol. The van der Waals surface area contributed by atoms with Gasteiger partial charge in [-0.3, -0.25) is 4.98 Å². The van der Waals surface area contributed by atoms with Crippen LogP contribution in [0.5, 0.6) is 0 Å². The van der Waals surface area contributed by atoms with E-state index in [0.29, 0.717) is 5.02 Å². The van der Waals surface area contributed by atoms with Crippen molar-refractivity contribution in [3.8, 4) is 0 Å². The summed E-state index contributed by atoms with van der Waals surface area (Å²) in [6.45, 7) is -0.211. The fraction of sp³-hybridized carbons (Fsp3) is 0.0833. The molecule has 0 spiro atoms. The normalized spacial score (nSPS) is 11.5.